The van der Waals surface area contributed by atoms with Gasteiger partial charge in [0.25, 0.3) is 0 Å². The van der Waals surface area contributed by atoms with Crippen molar-refractivity contribution in [3.63, 3.8) is 0 Å². The molecule has 0 spiro atoms. The standard InChI is InChI=1S/C17H38N4O.HI/c1-7-8-13-22-14-11-20-17(18-6)19-10-9-12-21(15(2)3)16(4)5;/h15-16H,7-14H2,1-6H3,(H2,18,19,20);1H. The molecule has 0 rings (SSSR count). The van der Waals surface area contributed by atoms with E-state index < -0.39 is 0 Å². The monoisotopic (exact) mass is 442 g/mol. The molecule has 2 N–H and O–H groups in total. The molecule has 0 aliphatic heterocycles. The second-order valence-corrected chi connectivity index (χ2v) is 6.17. The number of hydrogen-bond donors (Lipinski definition) is 2. The van der Waals surface area contributed by atoms with E-state index in [0.29, 0.717) is 12.1 Å². The quantitative estimate of drug-likeness (QED) is 0.211. The van der Waals surface area contributed by atoms with Gasteiger partial charge in [0, 0.05) is 45.4 Å². The predicted molar refractivity (Wildman–Crippen MR) is 112 cm³/mol. The van der Waals surface area contributed by atoms with Gasteiger partial charge in [0.2, 0.25) is 0 Å². The van der Waals surface area contributed by atoms with Gasteiger partial charge in [0.15, 0.2) is 5.96 Å². The lowest BCUT2D eigenvalue weighted by Crippen LogP contribution is -2.42. The van der Waals surface area contributed by atoms with E-state index in [1.807, 2.05) is 7.05 Å². The van der Waals surface area contributed by atoms with Gasteiger partial charge in [0.1, 0.15) is 0 Å². The fourth-order valence-electron chi connectivity index (χ4n) is 2.39. The molecule has 0 aromatic carbocycles. The third kappa shape index (κ3) is 14.0. The Bertz CT molecular complexity index is 278. The summed E-state index contributed by atoms with van der Waals surface area (Å²) in [5.41, 5.74) is 0. The highest BCUT2D eigenvalue weighted by atomic mass is 127. The predicted octanol–water partition coefficient (Wildman–Crippen LogP) is 3.10. The maximum absolute atomic E-state index is 5.53. The van der Waals surface area contributed by atoms with E-state index in [-0.39, 0.29) is 24.0 Å². The van der Waals surface area contributed by atoms with Crippen LogP contribution in [0.1, 0.15) is 53.9 Å². The van der Waals surface area contributed by atoms with Crippen LogP contribution in [0, 0.1) is 0 Å². The second kappa shape index (κ2) is 16.8. The summed E-state index contributed by atoms with van der Waals surface area (Å²) >= 11 is 0. The van der Waals surface area contributed by atoms with E-state index in [0.717, 1.165) is 51.6 Å². The average molecular weight is 442 g/mol. The Morgan fingerprint density at radius 3 is 2.13 bits per heavy atom. The minimum Gasteiger partial charge on any atom is -0.380 e. The lowest BCUT2D eigenvalue weighted by Gasteiger charge is -2.30. The van der Waals surface area contributed by atoms with E-state index >= 15 is 0 Å². The second-order valence-electron chi connectivity index (χ2n) is 6.17. The molecule has 0 unspecified atom stereocenters. The normalized spacial score (nSPS) is 12.0. The molecule has 0 radical (unpaired) electrons. The van der Waals surface area contributed by atoms with Crippen LogP contribution >= 0.6 is 24.0 Å². The van der Waals surface area contributed by atoms with Crippen LogP contribution in [-0.4, -0.2) is 62.8 Å². The first-order chi connectivity index (χ1) is 10.5. The van der Waals surface area contributed by atoms with Crippen molar-refractivity contribution in [1.29, 1.82) is 0 Å². The molecule has 0 saturated carbocycles. The number of nitrogens with zero attached hydrogens (tertiary/aromatic N) is 2. The fourth-order valence-corrected chi connectivity index (χ4v) is 2.39. The molecule has 0 aromatic rings. The molecular weight excluding hydrogens is 403 g/mol. The Morgan fingerprint density at radius 1 is 1.00 bits per heavy atom. The molecule has 0 aromatic heterocycles. The van der Waals surface area contributed by atoms with Crippen LogP contribution in [0.15, 0.2) is 4.99 Å². The van der Waals surface area contributed by atoms with Crippen molar-refractivity contribution in [1.82, 2.24) is 15.5 Å². The first-order valence-corrected chi connectivity index (χ1v) is 8.80. The lowest BCUT2D eigenvalue weighted by molar-refractivity contribution is 0.136. The van der Waals surface area contributed by atoms with Gasteiger partial charge in [-0.2, -0.15) is 0 Å². The van der Waals surface area contributed by atoms with Crippen molar-refractivity contribution in [3.8, 4) is 0 Å². The van der Waals surface area contributed by atoms with Gasteiger partial charge in [-0.3, -0.25) is 9.89 Å². The first-order valence-electron chi connectivity index (χ1n) is 8.80. The molecule has 6 heteroatoms. The molecule has 23 heavy (non-hydrogen) atoms. The number of nitrogens with one attached hydrogen (secondary N) is 2. The molecule has 0 atom stereocenters. The van der Waals surface area contributed by atoms with Gasteiger partial charge in [-0.25, -0.2) is 0 Å². The summed E-state index contributed by atoms with van der Waals surface area (Å²) in [6, 6.07) is 1.19. The molecule has 0 bridgehead atoms. The number of unbranched alkanes of at least 4 members (excludes halogenated alkanes) is 1. The van der Waals surface area contributed by atoms with Crippen molar-refractivity contribution in [3.05, 3.63) is 0 Å². The van der Waals surface area contributed by atoms with Gasteiger partial charge in [-0.15, -0.1) is 24.0 Å². The van der Waals surface area contributed by atoms with Gasteiger partial charge < -0.3 is 15.4 Å². The Labute approximate surface area is 161 Å². The molecule has 0 saturated heterocycles. The van der Waals surface area contributed by atoms with Crippen molar-refractivity contribution in [2.24, 2.45) is 4.99 Å². The summed E-state index contributed by atoms with van der Waals surface area (Å²) in [5.74, 6) is 0.861. The van der Waals surface area contributed by atoms with Crippen LogP contribution in [0.2, 0.25) is 0 Å². The van der Waals surface area contributed by atoms with Crippen LogP contribution in [0.3, 0.4) is 0 Å². The Kier molecular flexibility index (Phi) is 18.3. The summed E-state index contributed by atoms with van der Waals surface area (Å²) in [5, 5.41) is 6.64. The maximum atomic E-state index is 5.53. The van der Waals surface area contributed by atoms with Gasteiger partial charge >= 0.3 is 0 Å². The number of rotatable bonds is 12. The smallest absolute Gasteiger partial charge is 0.191 e. The minimum atomic E-state index is 0. The highest BCUT2D eigenvalue weighted by molar-refractivity contribution is 14.0. The largest absolute Gasteiger partial charge is 0.380 e. The molecule has 5 nitrogen and oxygen atoms in total. The Morgan fingerprint density at radius 2 is 1.61 bits per heavy atom. The minimum absolute atomic E-state index is 0. The van der Waals surface area contributed by atoms with Crippen molar-refractivity contribution < 1.29 is 4.74 Å². The zero-order valence-electron chi connectivity index (χ0n) is 16.0. The first kappa shape index (κ1) is 25.2. The summed E-state index contributed by atoms with van der Waals surface area (Å²) in [4.78, 5) is 6.75. The number of ether oxygens (including phenoxy) is 1. The van der Waals surface area contributed by atoms with Crippen LogP contribution in [-0.2, 0) is 4.74 Å². The SMILES string of the molecule is CCCCOCCNC(=NC)NCCCN(C(C)C)C(C)C.I. The molecule has 0 fully saturated rings. The van der Waals surface area contributed by atoms with Crippen molar-refractivity contribution in [2.75, 3.05) is 39.9 Å². The van der Waals surface area contributed by atoms with Crippen LogP contribution in [0.5, 0.6) is 0 Å². The molecule has 0 aliphatic carbocycles. The van der Waals surface area contributed by atoms with Gasteiger partial charge in [-0.1, -0.05) is 13.3 Å². The summed E-state index contributed by atoms with van der Waals surface area (Å²) in [7, 11) is 1.81. The number of halogens is 1. The van der Waals surface area contributed by atoms with E-state index in [1.165, 1.54) is 6.42 Å². The van der Waals surface area contributed by atoms with Crippen molar-refractivity contribution in [2.45, 2.75) is 66.0 Å². The zero-order chi connectivity index (χ0) is 16.8. The van der Waals surface area contributed by atoms with E-state index in [9.17, 15) is 0 Å². The average Bonchev–Trinajstić information content (AvgIpc) is 2.47. The Balaban J connectivity index is 0. The summed E-state index contributed by atoms with van der Waals surface area (Å²) < 4.78 is 5.53. The zero-order valence-corrected chi connectivity index (χ0v) is 18.4. The number of guanidine groups is 1. The van der Waals surface area contributed by atoms with Crippen molar-refractivity contribution >= 4 is 29.9 Å². The topological polar surface area (TPSA) is 48.9 Å². The van der Waals surface area contributed by atoms with E-state index in [1.54, 1.807) is 0 Å². The summed E-state index contributed by atoms with van der Waals surface area (Å²) in [6.07, 6.45) is 3.43. The highest BCUT2D eigenvalue weighted by Crippen LogP contribution is 2.05. The third-order valence-corrected chi connectivity index (χ3v) is 3.62. The molecule has 140 valence electrons. The number of hydrogen-bond acceptors (Lipinski definition) is 3. The van der Waals surface area contributed by atoms with Crippen LogP contribution in [0.25, 0.3) is 0 Å². The Hall–Kier alpha value is -0.0800. The highest BCUT2D eigenvalue weighted by Gasteiger charge is 2.12. The molecule has 0 heterocycles. The third-order valence-electron chi connectivity index (χ3n) is 3.62. The molecular formula is C17H39IN4O. The van der Waals surface area contributed by atoms with E-state index in [4.69, 9.17) is 4.74 Å². The number of aliphatic imine (C=N–C) groups is 1. The van der Waals surface area contributed by atoms with Crippen LogP contribution < -0.4 is 10.6 Å². The lowest BCUT2D eigenvalue weighted by atomic mass is 10.2. The molecule has 0 aliphatic rings. The van der Waals surface area contributed by atoms with Gasteiger partial charge in [0.05, 0.1) is 6.61 Å². The fraction of sp³-hybridized carbons (Fsp3) is 0.941. The molecule has 0 amide bonds. The van der Waals surface area contributed by atoms with Gasteiger partial charge in [-0.05, 0) is 40.5 Å². The van der Waals surface area contributed by atoms with Crippen LogP contribution in [0.4, 0.5) is 0 Å². The maximum Gasteiger partial charge on any atom is 0.191 e. The summed E-state index contributed by atoms with van der Waals surface area (Å²) in [6.45, 7) is 15.6. The van der Waals surface area contributed by atoms with E-state index in [2.05, 4.69) is 55.1 Å².